The van der Waals surface area contributed by atoms with E-state index in [2.05, 4.69) is 54.6 Å². The van der Waals surface area contributed by atoms with E-state index in [1.54, 1.807) is 0 Å². The summed E-state index contributed by atoms with van der Waals surface area (Å²) in [6, 6.07) is 21.3. The van der Waals surface area contributed by atoms with Crippen molar-refractivity contribution in [3.05, 3.63) is 71.8 Å². The molecule has 1 aliphatic carbocycles. The van der Waals surface area contributed by atoms with Crippen molar-refractivity contribution in [1.82, 2.24) is 0 Å². The molecule has 0 aliphatic heterocycles. The van der Waals surface area contributed by atoms with E-state index >= 15 is 0 Å². The summed E-state index contributed by atoms with van der Waals surface area (Å²) in [6.07, 6.45) is 1.22. The summed E-state index contributed by atoms with van der Waals surface area (Å²) in [7, 11) is 0. The van der Waals surface area contributed by atoms with Gasteiger partial charge in [0.1, 0.15) is 0 Å². The summed E-state index contributed by atoms with van der Waals surface area (Å²) in [4.78, 5) is 0. The molecule has 0 radical (unpaired) electrons. The van der Waals surface area contributed by atoms with Crippen LogP contribution in [0, 0.1) is 5.92 Å². The highest BCUT2D eigenvalue weighted by molar-refractivity contribution is 5.85. The Morgan fingerprint density at radius 2 is 1.44 bits per heavy atom. The topological polar surface area (TPSA) is 26.0 Å². The zero-order valence-electron chi connectivity index (χ0n) is 10.2. The molecule has 0 bridgehead atoms. The van der Waals surface area contributed by atoms with Crippen LogP contribution in [0.3, 0.4) is 0 Å². The molecule has 1 nitrogen and oxygen atoms in total. The first-order chi connectivity index (χ1) is 8.36. The van der Waals surface area contributed by atoms with Crippen LogP contribution in [-0.2, 0) is 0 Å². The second-order valence-corrected chi connectivity index (χ2v) is 4.85. The Kier molecular flexibility index (Phi) is 4.05. The first-order valence-electron chi connectivity index (χ1n) is 6.22. The molecule has 0 aromatic heterocycles. The van der Waals surface area contributed by atoms with Crippen LogP contribution in [0.15, 0.2) is 60.7 Å². The Morgan fingerprint density at radius 1 is 0.889 bits per heavy atom. The van der Waals surface area contributed by atoms with Crippen LogP contribution >= 0.6 is 12.4 Å². The SMILES string of the molecule is Cl.NC(c1ccccc1)C1CC1c1ccccc1. The molecule has 18 heavy (non-hydrogen) atoms. The second kappa shape index (κ2) is 5.55. The molecule has 3 atom stereocenters. The predicted molar refractivity (Wildman–Crippen MR) is 77.9 cm³/mol. The smallest absolute Gasteiger partial charge is 0.0329 e. The maximum atomic E-state index is 6.33. The Labute approximate surface area is 114 Å². The van der Waals surface area contributed by atoms with Gasteiger partial charge < -0.3 is 5.73 Å². The van der Waals surface area contributed by atoms with E-state index in [1.807, 2.05) is 6.07 Å². The third kappa shape index (κ3) is 2.58. The zero-order chi connectivity index (χ0) is 11.7. The molecule has 3 rings (SSSR count). The van der Waals surface area contributed by atoms with Gasteiger partial charge in [-0.25, -0.2) is 0 Å². The van der Waals surface area contributed by atoms with Crippen LogP contribution in [0.25, 0.3) is 0 Å². The van der Waals surface area contributed by atoms with E-state index in [-0.39, 0.29) is 18.4 Å². The van der Waals surface area contributed by atoms with E-state index in [4.69, 9.17) is 5.73 Å². The first kappa shape index (κ1) is 13.1. The van der Waals surface area contributed by atoms with E-state index in [0.29, 0.717) is 11.8 Å². The van der Waals surface area contributed by atoms with Crippen LogP contribution in [0.2, 0.25) is 0 Å². The molecule has 0 amide bonds. The second-order valence-electron chi connectivity index (χ2n) is 4.85. The fourth-order valence-corrected chi connectivity index (χ4v) is 2.62. The van der Waals surface area contributed by atoms with Gasteiger partial charge in [-0.2, -0.15) is 0 Å². The molecule has 1 aliphatic rings. The lowest BCUT2D eigenvalue weighted by molar-refractivity contribution is 0.616. The Balaban J connectivity index is 0.00000120. The molecule has 1 fully saturated rings. The summed E-state index contributed by atoms with van der Waals surface area (Å²) in [5, 5.41) is 0. The van der Waals surface area contributed by atoms with Crippen molar-refractivity contribution in [3.8, 4) is 0 Å². The van der Waals surface area contributed by atoms with Crippen molar-refractivity contribution in [2.24, 2.45) is 11.7 Å². The predicted octanol–water partition coefficient (Wildman–Crippen LogP) is 3.91. The lowest BCUT2D eigenvalue weighted by atomic mass is 10.00. The Bertz CT molecular complexity index is 483. The van der Waals surface area contributed by atoms with Gasteiger partial charge in [-0.1, -0.05) is 60.7 Å². The van der Waals surface area contributed by atoms with Crippen molar-refractivity contribution >= 4 is 12.4 Å². The molecule has 1 saturated carbocycles. The summed E-state index contributed by atoms with van der Waals surface area (Å²) >= 11 is 0. The quantitative estimate of drug-likeness (QED) is 0.889. The van der Waals surface area contributed by atoms with Gasteiger partial charge in [-0.05, 0) is 29.4 Å². The summed E-state index contributed by atoms with van der Waals surface area (Å²) in [5.74, 6) is 1.27. The van der Waals surface area contributed by atoms with Gasteiger partial charge in [0.15, 0.2) is 0 Å². The number of hydrogen-bond acceptors (Lipinski definition) is 1. The molecule has 94 valence electrons. The number of benzene rings is 2. The van der Waals surface area contributed by atoms with Crippen molar-refractivity contribution < 1.29 is 0 Å². The maximum absolute atomic E-state index is 6.33. The highest BCUT2D eigenvalue weighted by Crippen LogP contribution is 2.53. The normalized spacial score (nSPS) is 22.9. The number of nitrogens with two attached hydrogens (primary N) is 1. The monoisotopic (exact) mass is 259 g/mol. The van der Waals surface area contributed by atoms with Crippen molar-refractivity contribution in [2.75, 3.05) is 0 Å². The number of halogens is 1. The third-order valence-corrected chi connectivity index (χ3v) is 3.71. The minimum atomic E-state index is 0. The minimum Gasteiger partial charge on any atom is -0.324 e. The molecule has 2 aromatic rings. The average molecular weight is 260 g/mol. The molecule has 2 heteroatoms. The van der Waals surface area contributed by atoms with Gasteiger partial charge in [0, 0.05) is 6.04 Å². The van der Waals surface area contributed by atoms with Crippen molar-refractivity contribution in [1.29, 1.82) is 0 Å². The van der Waals surface area contributed by atoms with Crippen LogP contribution < -0.4 is 5.73 Å². The van der Waals surface area contributed by atoms with Gasteiger partial charge in [0.2, 0.25) is 0 Å². The molecular formula is C16H18ClN. The molecular weight excluding hydrogens is 242 g/mol. The maximum Gasteiger partial charge on any atom is 0.0329 e. The van der Waals surface area contributed by atoms with Crippen molar-refractivity contribution in [2.45, 2.75) is 18.4 Å². The summed E-state index contributed by atoms with van der Waals surface area (Å²) in [5.41, 5.74) is 9.02. The molecule has 0 heterocycles. The standard InChI is InChI=1S/C16H17N.ClH/c17-16(13-9-5-2-6-10-13)15-11-14(15)12-7-3-1-4-8-12;/h1-10,14-16H,11,17H2;1H. The molecule has 3 unspecified atom stereocenters. The molecule has 2 N–H and O–H groups in total. The van der Waals surface area contributed by atoms with E-state index < -0.39 is 0 Å². The van der Waals surface area contributed by atoms with Gasteiger partial charge in [-0.3, -0.25) is 0 Å². The van der Waals surface area contributed by atoms with E-state index in [1.165, 1.54) is 17.5 Å². The fraction of sp³-hybridized carbons (Fsp3) is 0.250. The lowest BCUT2D eigenvalue weighted by Gasteiger charge is -2.11. The Hall–Kier alpha value is -1.31. The highest BCUT2D eigenvalue weighted by Gasteiger charge is 2.42. The fourth-order valence-electron chi connectivity index (χ4n) is 2.62. The number of hydrogen-bond donors (Lipinski definition) is 1. The average Bonchev–Trinajstić information content (AvgIpc) is 3.20. The van der Waals surface area contributed by atoms with Crippen LogP contribution in [0.4, 0.5) is 0 Å². The molecule has 0 saturated heterocycles. The zero-order valence-corrected chi connectivity index (χ0v) is 11.0. The van der Waals surface area contributed by atoms with Gasteiger partial charge in [-0.15, -0.1) is 12.4 Å². The number of rotatable bonds is 3. The van der Waals surface area contributed by atoms with Crippen molar-refractivity contribution in [3.63, 3.8) is 0 Å². The third-order valence-electron chi connectivity index (χ3n) is 3.71. The van der Waals surface area contributed by atoms with E-state index in [9.17, 15) is 0 Å². The lowest BCUT2D eigenvalue weighted by Crippen LogP contribution is -2.13. The van der Waals surface area contributed by atoms with E-state index in [0.717, 1.165) is 0 Å². The molecule has 0 spiro atoms. The first-order valence-corrected chi connectivity index (χ1v) is 6.22. The Morgan fingerprint density at radius 3 is 2.06 bits per heavy atom. The summed E-state index contributed by atoms with van der Waals surface area (Å²) < 4.78 is 0. The van der Waals surface area contributed by atoms with Crippen LogP contribution in [0.1, 0.15) is 29.5 Å². The van der Waals surface area contributed by atoms with Gasteiger partial charge in [0.05, 0.1) is 0 Å². The highest BCUT2D eigenvalue weighted by atomic mass is 35.5. The molecule has 2 aromatic carbocycles. The largest absolute Gasteiger partial charge is 0.324 e. The summed E-state index contributed by atoms with van der Waals surface area (Å²) in [6.45, 7) is 0. The van der Waals surface area contributed by atoms with Gasteiger partial charge >= 0.3 is 0 Å². The van der Waals surface area contributed by atoms with Gasteiger partial charge in [0.25, 0.3) is 0 Å². The van der Waals surface area contributed by atoms with Crippen LogP contribution in [0.5, 0.6) is 0 Å². The van der Waals surface area contributed by atoms with Crippen LogP contribution in [-0.4, -0.2) is 0 Å². The minimum absolute atomic E-state index is 0.